The highest BCUT2D eigenvalue weighted by Gasteiger charge is 2.33. The molecule has 0 radical (unpaired) electrons. The Labute approximate surface area is 171 Å². The Balaban J connectivity index is 2.17. The van der Waals surface area contributed by atoms with Crippen LogP contribution in [-0.2, 0) is 16.0 Å². The molecular formula is C17H14F6N4O3S. The summed E-state index contributed by atoms with van der Waals surface area (Å²) in [5.74, 6) is -0.841. The number of ether oxygens (including phenoxy) is 1. The van der Waals surface area contributed by atoms with Gasteiger partial charge in [-0.1, -0.05) is 6.92 Å². The molecular weight excluding hydrogens is 454 g/mol. The van der Waals surface area contributed by atoms with E-state index in [0.29, 0.717) is 6.07 Å². The van der Waals surface area contributed by atoms with Crippen LogP contribution in [0, 0.1) is 6.92 Å². The molecule has 31 heavy (non-hydrogen) atoms. The summed E-state index contributed by atoms with van der Waals surface area (Å²) in [6.45, 7) is 1.12. The molecule has 168 valence electrons. The fourth-order valence-corrected chi connectivity index (χ4v) is 3.73. The monoisotopic (exact) mass is 468 g/mol. The zero-order chi connectivity index (χ0) is 23.2. The lowest BCUT2D eigenvalue weighted by Gasteiger charge is -2.12. The first kappa shape index (κ1) is 22.8. The van der Waals surface area contributed by atoms with Gasteiger partial charge < -0.3 is 4.74 Å². The van der Waals surface area contributed by atoms with Gasteiger partial charge in [-0.05, 0) is 6.92 Å². The van der Waals surface area contributed by atoms with Crippen molar-refractivity contribution in [1.29, 1.82) is 0 Å². The molecule has 3 aromatic rings. The van der Waals surface area contributed by atoms with Gasteiger partial charge in [0.2, 0.25) is 0 Å². The van der Waals surface area contributed by atoms with Crippen LogP contribution >= 0.6 is 0 Å². The van der Waals surface area contributed by atoms with E-state index in [1.54, 1.807) is 0 Å². The van der Waals surface area contributed by atoms with E-state index in [-0.39, 0.29) is 22.7 Å². The van der Waals surface area contributed by atoms with Crippen molar-refractivity contribution in [3.05, 3.63) is 36.0 Å². The molecule has 0 spiro atoms. The topological polar surface area (TPSA) is 86.5 Å². The number of nitrogens with zero attached hydrogens (tertiary/aromatic N) is 4. The number of pyridine rings is 1. The highest BCUT2D eigenvalue weighted by atomic mass is 32.2. The first-order valence-corrected chi connectivity index (χ1v) is 10.2. The third-order valence-corrected chi connectivity index (χ3v) is 5.96. The SMILES string of the molecule is CCS(=O)(=O)c1cc(OCC(F)(F)F)cnc1-c1nc2cc(C(F)(F)F)ncn2c1C. The minimum Gasteiger partial charge on any atom is -0.482 e. The Morgan fingerprint density at radius 1 is 1.06 bits per heavy atom. The lowest BCUT2D eigenvalue weighted by Crippen LogP contribution is -2.19. The summed E-state index contributed by atoms with van der Waals surface area (Å²) >= 11 is 0. The zero-order valence-electron chi connectivity index (χ0n) is 15.9. The minimum atomic E-state index is -4.71. The fourth-order valence-electron chi connectivity index (χ4n) is 2.68. The normalized spacial score (nSPS) is 13.0. The molecule has 3 heterocycles. The van der Waals surface area contributed by atoms with Gasteiger partial charge in [0.15, 0.2) is 16.4 Å². The molecule has 0 aliphatic carbocycles. The van der Waals surface area contributed by atoms with E-state index in [1.807, 2.05) is 0 Å². The van der Waals surface area contributed by atoms with Crippen molar-refractivity contribution in [2.75, 3.05) is 12.4 Å². The summed E-state index contributed by atoms with van der Waals surface area (Å²) in [7, 11) is -4.01. The van der Waals surface area contributed by atoms with Crippen molar-refractivity contribution in [2.45, 2.75) is 31.1 Å². The Morgan fingerprint density at radius 2 is 1.74 bits per heavy atom. The molecule has 0 bridgehead atoms. The predicted octanol–water partition coefficient (Wildman–Crippen LogP) is 3.85. The van der Waals surface area contributed by atoms with Crippen LogP contribution in [0.25, 0.3) is 17.0 Å². The molecule has 0 fully saturated rings. The maximum Gasteiger partial charge on any atom is 0.433 e. The smallest absolute Gasteiger partial charge is 0.433 e. The zero-order valence-corrected chi connectivity index (χ0v) is 16.7. The van der Waals surface area contributed by atoms with E-state index >= 15 is 0 Å². The Hall–Kier alpha value is -2.90. The molecule has 0 saturated carbocycles. The molecule has 3 aromatic heterocycles. The Morgan fingerprint density at radius 3 is 2.32 bits per heavy atom. The predicted molar refractivity (Wildman–Crippen MR) is 95.2 cm³/mol. The summed E-state index contributed by atoms with van der Waals surface area (Å²) in [6, 6.07) is 1.57. The van der Waals surface area contributed by atoms with Crippen LogP contribution in [0.4, 0.5) is 26.3 Å². The van der Waals surface area contributed by atoms with Crippen LogP contribution in [0.3, 0.4) is 0 Å². The van der Waals surface area contributed by atoms with Gasteiger partial charge in [0.05, 0.1) is 22.5 Å². The van der Waals surface area contributed by atoms with Crippen LogP contribution in [0.15, 0.2) is 29.6 Å². The van der Waals surface area contributed by atoms with Crippen LogP contribution < -0.4 is 4.74 Å². The number of sulfone groups is 1. The highest BCUT2D eigenvalue weighted by molar-refractivity contribution is 7.91. The van der Waals surface area contributed by atoms with Crippen molar-refractivity contribution in [3.63, 3.8) is 0 Å². The number of fused-ring (bicyclic) bond motifs is 1. The Bertz CT molecular complexity index is 1240. The van der Waals surface area contributed by atoms with Crippen molar-refractivity contribution in [2.24, 2.45) is 0 Å². The number of imidazole rings is 1. The lowest BCUT2D eigenvalue weighted by molar-refractivity contribution is -0.153. The van der Waals surface area contributed by atoms with E-state index in [9.17, 15) is 34.8 Å². The number of alkyl halides is 6. The summed E-state index contributed by atoms with van der Waals surface area (Å²) in [5, 5.41) is 0. The molecule has 14 heteroatoms. The number of hydrogen-bond acceptors (Lipinski definition) is 6. The van der Waals surface area contributed by atoms with Gasteiger partial charge in [-0.2, -0.15) is 26.3 Å². The first-order valence-electron chi connectivity index (χ1n) is 8.57. The van der Waals surface area contributed by atoms with Gasteiger partial charge in [-0.15, -0.1) is 0 Å². The van der Waals surface area contributed by atoms with Crippen LogP contribution in [-0.4, -0.2) is 46.3 Å². The summed E-state index contributed by atoms with van der Waals surface area (Å²) < 4.78 is 107. The molecule has 0 aliphatic heterocycles. The molecule has 0 aliphatic rings. The largest absolute Gasteiger partial charge is 0.482 e. The maximum atomic E-state index is 12.9. The summed E-state index contributed by atoms with van der Waals surface area (Å²) in [6.07, 6.45) is -7.59. The average Bonchev–Trinajstić information content (AvgIpc) is 3.01. The van der Waals surface area contributed by atoms with Crippen LogP contribution in [0.1, 0.15) is 18.3 Å². The van der Waals surface area contributed by atoms with Crippen molar-refractivity contribution < 1.29 is 39.5 Å². The van der Waals surface area contributed by atoms with E-state index in [4.69, 9.17) is 0 Å². The number of hydrogen-bond donors (Lipinski definition) is 0. The van der Waals surface area contributed by atoms with Crippen molar-refractivity contribution in [3.8, 4) is 17.1 Å². The number of rotatable bonds is 5. The molecule has 3 rings (SSSR count). The molecule has 7 nitrogen and oxygen atoms in total. The highest BCUT2D eigenvalue weighted by Crippen LogP contribution is 2.33. The summed E-state index contributed by atoms with van der Waals surface area (Å²) in [4.78, 5) is 10.8. The average molecular weight is 468 g/mol. The number of aromatic nitrogens is 4. The van der Waals surface area contributed by atoms with Crippen LogP contribution in [0.5, 0.6) is 5.75 Å². The van der Waals surface area contributed by atoms with Gasteiger partial charge in [0.1, 0.15) is 34.8 Å². The van der Waals surface area contributed by atoms with Gasteiger partial charge >= 0.3 is 12.4 Å². The van der Waals surface area contributed by atoms with E-state index in [0.717, 1.165) is 18.6 Å². The maximum absolute atomic E-state index is 12.9. The van der Waals surface area contributed by atoms with E-state index < -0.39 is 50.9 Å². The number of halogens is 6. The second-order valence-corrected chi connectivity index (χ2v) is 8.62. The molecule has 0 unspecified atom stereocenters. The van der Waals surface area contributed by atoms with Crippen molar-refractivity contribution >= 4 is 15.5 Å². The second kappa shape index (κ2) is 7.66. The molecule has 0 amide bonds. The molecule has 0 N–H and O–H groups in total. The second-order valence-electron chi connectivity index (χ2n) is 6.37. The first-order chi connectivity index (χ1) is 14.2. The van der Waals surface area contributed by atoms with Crippen LogP contribution in [0.2, 0.25) is 0 Å². The summed E-state index contributed by atoms with van der Waals surface area (Å²) in [5.41, 5.74) is -1.40. The molecule has 0 saturated heterocycles. The van der Waals surface area contributed by atoms with Gasteiger partial charge in [0, 0.05) is 12.1 Å². The third-order valence-electron chi connectivity index (χ3n) is 4.22. The molecule has 0 atom stereocenters. The van der Waals surface area contributed by atoms with Crippen molar-refractivity contribution in [1.82, 2.24) is 19.4 Å². The van der Waals surface area contributed by atoms with Gasteiger partial charge in [0.25, 0.3) is 0 Å². The van der Waals surface area contributed by atoms with E-state index in [1.165, 1.54) is 18.2 Å². The van der Waals surface area contributed by atoms with Gasteiger partial charge in [-0.25, -0.2) is 23.4 Å². The Kier molecular flexibility index (Phi) is 5.63. The minimum absolute atomic E-state index is 0.0597. The third kappa shape index (κ3) is 4.73. The van der Waals surface area contributed by atoms with Gasteiger partial charge in [-0.3, -0.25) is 4.40 Å². The quantitative estimate of drug-likeness (QED) is 0.529. The van der Waals surface area contributed by atoms with E-state index in [2.05, 4.69) is 19.7 Å². The molecule has 0 aromatic carbocycles. The lowest BCUT2D eigenvalue weighted by atomic mass is 10.2. The standard InChI is InChI=1S/C17H14F6N4O3S/c1-3-31(28,29)11-4-10(30-7-16(18,19)20)6-24-15(11)14-9(2)27-8-25-12(17(21,22)23)5-13(27)26-14/h4-6,8H,3,7H2,1-2H3. The number of aryl methyl sites for hydroxylation is 1. The fraction of sp³-hybridized carbons (Fsp3) is 0.353.